The molecule has 2 rings (SSSR count). The zero-order chi connectivity index (χ0) is 15.8. The summed E-state index contributed by atoms with van der Waals surface area (Å²) < 4.78 is 22.2. The quantitative estimate of drug-likeness (QED) is 0.831. The largest absolute Gasteiger partial charge is 0.478 e. The van der Waals surface area contributed by atoms with Crippen LogP contribution < -0.4 is 10.0 Å². The van der Waals surface area contributed by atoms with Crippen molar-refractivity contribution in [3.05, 3.63) is 29.3 Å². The highest BCUT2D eigenvalue weighted by Gasteiger charge is 2.34. The fourth-order valence-electron chi connectivity index (χ4n) is 2.61. The van der Waals surface area contributed by atoms with Gasteiger partial charge in [0.15, 0.2) is 0 Å². The maximum Gasteiger partial charge on any atom is 0.338 e. The highest BCUT2D eigenvalue weighted by atomic mass is 32.2. The molecule has 1 aliphatic heterocycles. The number of benzene rings is 1. The summed E-state index contributed by atoms with van der Waals surface area (Å²) in [5.74, 6) is -2.12. The highest BCUT2D eigenvalue weighted by Crippen LogP contribution is 2.30. The van der Waals surface area contributed by atoms with Crippen molar-refractivity contribution >= 4 is 27.6 Å². The van der Waals surface area contributed by atoms with Crippen LogP contribution in [0.1, 0.15) is 22.3 Å². The lowest BCUT2D eigenvalue weighted by atomic mass is 10.1. The van der Waals surface area contributed by atoms with E-state index >= 15 is 0 Å². The van der Waals surface area contributed by atoms with E-state index in [-0.39, 0.29) is 30.2 Å². The Morgan fingerprint density at radius 3 is 2.71 bits per heavy atom. The fourth-order valence-corrected chi connectivity index (χ4v) is 3.49. The van der Waals surface area contributed by atoms with Crippen LogP contribution in [0.3, 0.4) is 0 Å². The van der Waals surface area contributed by atoms with Gasteiger partial charge < -0.3 is 10.0 Å². The number of primary sulfonamides is 1. The van der Waals surface area contributed by atoms with Gasteiger partial charge in [-0.1, -0.05) is 12.1 Å². The molecule has 1 aliphatic rings. The molecule has 3 N–H and O–H groups in total. The summed E-state index contributed by atoms with van der Waals surface area (Å²) in [7, 11) is -3.67. The van der Waals surface area contributed by atoms with Crippen molar-refractivity contribution in [2.45, 2.75) is 13.3 Å². The number of anilines is 1. The van der Waals surface area contributed by atoms with E-state index in [0.29, 0.717) is 11.3 Å². The van der Waals surface area contributed by atoms with E-state index in [1.807, 2.05) is 0 Å². The van der Waals surface area contributed by atoms with E-state index in [2.05, 4.69) is 0 Å². The zero-order valence-electron chi connectivity index (χ0n) is 11.4. The molecule has 0 aliphatic carbocycles. The van der Waals surface area contributed by atoms with E-state index in [4.69, 9.17) is 5.14 Å². The van der Waals surface area contributed by atoms with Gasteiger partial charge in [-0.15, -0.1) is 0 Å². The molecule has 1 aromatic carbocycles. The number of aryl methyl sites for hydroxylation is 1. The lowest BCUT2D eigenvalue weighted by molar-refractivity contribution is -0.117. The lowest BCUT2D eigenvalue weighted by Gasteiger charge is -2.20. The molecule has 1 atom stereocenters. The van der Waals surface area contributed by atoms with Crippen LogP contribution in [0.5, 0.6) is 0 Å². The number of hydrogen-bond acceptors (Lipinski definition) is 4. The third-order valence-electron chi connectivity index (χ3n) is 3.43. The van der Waals surface area contributed by atoms with Crippen molar-refractivity contribution in [1.29, 1.82) is 0 Å². The van der Waals surface area contributed by atoms with Crippen LogP contribution in [0.4, 0.5) is 5.69 Å². The average Bonchev–Trinajstić information content (AvgIpc) is 2.66. The van der Waals surface area contributed by atoms with Crippen LogP contribution in [0.15, 0.2) is 18.2 Å². The van der Waals surface area contributed by atoms with Gasteiger partial charge in [0.05, 0.1) is 17.0 Å². The number of sulfonamides is 1. The normalized spacial score (nSPS) is 19.0. The molecule has 0 spiro atoms. The molecule has 0 bridgehead atoms. The standard InChI is InChI=1S/C13H16N2O5S/c1-8-3-2-4-10(12(8)13(17)18)15-6-9(5-11(15)16)7-21(14,19)20/h2-4,9H,5-7H2,1H3,(H,17,18)(H2,14,19,20). The fraction of sp³-hybridized carbons (Fsp3) is 0.385. The molecule has 0 saturated carbocycles. The molecule has 114 valence electrons. The first kappa shape index (κ1) is 15.5. The van der Waals surface area contributed by atoms with Gasteiger partial charge in [0.25, 0.3) is 0 Å². The molecule has 21 heavy (non-hydrogen) atoms. The number of carbonyl (C=O) groups excluding carboxylic acids is 1. The Morgan fingerprint density at radius 1 is 1.48 bits per heavy atom. The second kappa shape index (κ2) is 5.45. The number of hydrogen-bond donors (Lipinski definition) is 2. The van der Waals surface area contributed by atoms with E-state index in [9.17, 15) is 23.1 Å². The topological polar surface area (TPSA) is 118 Å². The van der Waals surface area contributed by atoms with Crippen molar-refractivity contribution in [2.24, 2.45) is 11.1 Å². The minimum atomic E-state index is -3.67. The number of aromatic carboxylic acids is 1. The number of carbonyl (C=O) groups is 2. The number of carboxylic acid groups (broad SMARTS) is 1. The lowest BCUT2D eigenvalue weighted by Crippen LogP contribution is -2.29. The van der Waals surface area contributed by atoms with Gasteiger partial charge in [0.1, 0.15) is 0 Å². The van der Waals surface area contributed by atoms with Crippen LogP contribution in [0.2, 0.25) is 0 Å². The molecule has 1 unspecified atom stereocenters. The van der Waals surface area contributed by atoms with Gasteiger partial charge >= 0.3 is 5.97 Å². The van der Waals surface area contributed by atoms with Crippen molar-refractivity contribution in [1.82, 2.24) is 0 Å². The molecule has 8 heteroatoms. The smallest absolute Gasteiger partial charge is 0.338 e. The first-order valence-corrected chi connectivity index (χ1v) is 8.04. The van der Waals surface area contributed by atoms with Crippen LogP contribution in [-0.2, 0) is 14.8 Å². The maximum absolute atomic E-state index is 12.1. The predicted octanol–water partition coefficient (Wildman–Crippen LogP) is 0.335. The Balaban J connectivity index is 2.34. The van der Waals surface area contributed by atoms with E-state index in [1.165, 1.54) is 4.90 Å². The first-order valence-electron chi connectivity index (χ1n) is 6.33. The Morgan fingerprint density at radius 2 is 2.14 bits per heavy atom. The van der Waals surface area contributed by atoms with Crippen molar-refractivity contribution in [3.63, 3.8) is 0 Å². The number of amides is 1. The molecule has 0 aromatic heterocycles. The van der Waals surface area contributed by atoms with Crippen LogP contribution >= 0.6 is 0 Å². The number of rotatable bonds is 4. The van der Waals surface area contributed by atoms with E-state index in [0.717, 1.165) is 0 Å². The Labute approximate surface area is 122 Å². The number of nitrogens with two attached hydrogens (primary N) is 1. The molecule has 7 nitrogen and oxygen atoms in total. The maximum atomic E-state index is 12.1. The second-order valence-corrected chi connectivity index (χ2v) is 6.84. The first-order chi connectivity index (χ1) is 9.69. The minimum Gasteiger partial charge on any atom is -0.478 e. The van der Waals surface area contributed by atoms with Gasteiger partial charge in [-0.25, -0.2) is 18.4 Å². The minimum absolute atomic E-state index is 0.0451. The van der Waals surface area contributed by atoms with Crippen molar-refractivity contribution in [2.75, 3.05) is 17.2 Å². The molecule has 1 amide bonds. The molecule has 1 fully saturated rings. The average molecular weight is 312 g/mol. The Bertz CT molecular complexity index is 699. The summed E-state index contributed by atoms with van der Waals surface area (Å²) >= 11 is 0. The summed E-state index contributed by atoms with van der Waals surface area (Å²) in [6.07, 6.45) is 0.0451. The van der Waals surface area contributed by atoms with E-state index < -0.39 is 21.9 Å². The third-order valence-corrected chi connectivity index (χ3v) is 4.36. The van der Waals surface area contributed by atoms with E-state index in [1.54, 1.807) is 25.1 Å². The summed E-state index contributed by atoms with van der Waals surface area (Å²) in [5.41, 5.74) is 0.897. The summed E-state index contributed by atoms with van der Waals surface area (Å²) in [5, 5.41) is 14.3. The Hall–Kier alpha value is -1.93. The monoisotopic (exact) mass is 312 g/mol. The summed E-state index contributed by atoms with van der Waals surface area (Å²) in [4.78, 5) is 24.7. The van der Waals surface area contributed by atoms with Crippen LogP contribution in [0, 0.1) is 12.8 Å². The van der Waals surface area contributed by atoms with Gasteiger partial charge in [0.2, 0.25) is 15.9 Å². The molecule has 1 saturated heterocycles. The molecule has 1 aromatic rings. The number of nitrogens with zero attached hydrogens (tertiary/aromatic N) is 1. The third kappa shape index (κ3) is 3.40. The molecule has 0 radical (unpaired) electrons. The summed E-state index contributed by atoms with van der Waals surface area (Å²) in [6.45, 7) is 1.80. The predicted molar refractivity (Wildman–Crippen MR) is 76.6 cm³/mol. The van der Waals surface area contributed by atoms with Gasteiger partial charge in [0, 0.05) is 18.9 Å². The van der Waals surface area contributed by atoms with Gasteiger partial charge in [-0.05, 0) is 18.6 Å². The van der Waals surface area contributed by atoms with Gasteiger partial charge in [-0.3, -0.25) is 4.79 Å². The van der Waals surface area contributed by atoms with Crippen molar-refractivity contribution in [3.8, 4) is 0 Å². The SMILES string of the molecule is Cc1cccc(N2CC(CS(N)(=O)=O)CC2=O)c1C(=O)O. The molecular weight excluding hydrogens is 296 g/mol. The van der Waals surface area contributed by atoms with Crippen molar-refractivity contribution < 1.29 is 23.1 Å². The highest BCUT2D eigenvalue weighted by molar-refractivity contribution is 7.89. The Kier molecular flexibility index (Phi) is 4.02. The summed E-state index contributed by atoms with van der Waals surface area (Å²) in [6, 6.07) is 4.86. The second-order valence-electron chi connectivity index (χ2n) is 5.18. The van der Waals surface area contributed by atoms with Gasteiger partial charge in [-0.2, -0.15) is 0 Å². The molecule has 1 heterocycles. The number of carboxylic acids is 1. The molecular formula is C13H16N2O5S. The van der Waals surface area contributed by atoms with Crippen LogP contribution in [0.25, 0.3) is 0 Å². The zero-order valence-corrected chi connectivity index (χ0v) is 12.3. The van der Waals surface area contributed by atoms with Crippen LogP contribution in [-0.4, -0.2) is 37.7 Å².